The fourth-order valence-corrected chi connectivity index (χ4v) is 4.03. The average Bonchev–Trinajstić information content (AvgIpc) is 3.57. The number of benzene rings is 2. The number of aliphatic hydroxyl groups is 2. The van der Waals surface area contributed by atoms with Crippen molar-refractivity contribution in [2.45, 2.75) is 50.5 Å². The van der Waals surface area contributed by atoms with E-state index in [1.807, 2.05) is 6.07 Å². The molecule has 10 nitrogen and oxygen atoms in total. The monoisotopic (exact) mass is 507 g/mol. The maximum Gasteiger partial charge on any atom is 0.281 e. The number of nitrogens with zero attached hydrogens (tertiary/aromatic N) is 1. The van der Waals surface area contributed by atoms with Crippen LogP contribution in [0.15, 0.2) is 71.3 Å². The fourth-order valence-electron chi connectivity index (χ4n) is 4.03. The number of nitrogens with one attached hydrogen (secondary N) is 3. The number of amidine groups is 1. The van der Waals surface area contributed by atoms with Gasteiger partial charge in [0.15, 0.2) is 0 Å². The van der Waals surface area contributed by atoms with Crippen LogP contribution in [0.3, 0.4) is 0 Å². The summed E-state index contributed by atoms with van der Waals surface area (Å²) in [6.45, 7) is 0.372. The fraction of sp³-hybridized carbons (Fsp3) is 0.333. The van der Waals surface area contributed by atoms with Crippen molar-refractivity contribution in [1.29, 1.82) is 16.5 Å². The maximum absolute atomic E-state index is 13.5. The summed E-state index contributed by atoms with van der Waals surface area (Å²) in [7, 11) is 0. The minimum atomic E-state index is -2.54. The Labute approximate surface area is 215 Å². The normalized spacial score (nSPS) is 12.8. The first-order valence-corrected chi connectivity index (χ1v) is 12.1. The Bertz CT molecular complexity index is 1160. The summed E-state index contributed by atoms with van der Waals surface area (Å²) < 4.78 is 11.3. The van der Waals surface area contributed by atoms with Crippen LogP contribution in [-0.2, 0) is 5.91 Å². The van der Waals surface area contributed by atoms with Crippen molar-refractivity contribution in [1.82, 2.24) is 4.90 Å². The molecule has 10 heteroatoms. The smallest absolute Gasteiger partial charge is 0.281 e. The van der Waals surface area contributed by atoms with Gasteiger partial charge in [0, 0.05) is 23.6 Å². The molecular weight excluding hydrogens is 474 g/mol. The number of unbranched alkanes of at least 4 members (excludes halogenated alkanes) is 2. The summed E-state index contributed by atoms with van der Waals surface area (Å²) in [5, 5.41) is 29.9. The first-order valence-electron chi connectivity index (χ1n) is 12.1. The molecule has 1 heterocycles. The molecule has 1 aliphatic carbocycles. The van der Waals surface area contributed by atoms with Crippen molar-refractivity contribution >= 4 is 11.7 Å². The zero-order valence-corrected chi connectivity index (χ0v) is 20.5. The molecule has 0 bridgehead atoms. The van der Waals surface area contributed by atoms with Crippen LogP contribution in [0.1, 0.15) is 54.4 Å². The molecule has 196 valence electrons. The van der Waals surface area contributed by atoms with Crippen LogP contribution in [0.5, 0.6) is 5.75 Å². The third kappa shape index (κ3) is 7.02. The van der Waals surface area contributed by atoms with E-state index in [-0.39, 0.29) is 17.4 Å². The van der Waals surface area contributed by atoms with E-state index in [2.05, 4.69) is 0 Å². The van der Waals surface area contributed by atoms with Gasteiger partial charge in [-0.25, -0.2) is 11.1 Å². The van der Waals surface area contributed by atoms with Gasteiger partial charge in [-0.2, -0.15) is 0 Å². The zero-order valence-electron chi connectivity index (χ0n) is 20.5. The van der Waals surface area contributed by atoms with Crippen LogP contribution < -0.4 is 10.5 Å². The second kappa shape index (κ2) is 12.8. The van der Waals surface area contributed by atoms with Crippen molar-refractivity contribution in [2.24, 2.45) is 5.73 Å². The minimum Gasteiger partial charge on any atom is -0.493 e. The van der Waals surface area contributed by atoms with E-state index >= 15 is 0 Å². The number of para-hydroxylation sites is 1. The highest BCUT2D eigenvalue weighted by atomic mass is 16.5. The quantitative estimate of drug-likeness (QED) is 0.0672. The molecule has 1 saturated carbocycles. The summed E-state index contributed by atoms with van der Waals surface area (Å²) >= 11 is 0. The van der Waals surface area contributed by atoms with E-state index in [4.69, 9.17) is 31.4 Å². The summed E-state index contributed by atoms with van der Waals surface area (Å²) in [5.74, 6) is -1.84. The van der Waals surface area contributed by atoms with E-state index in [9.17, 15) is 15.0 Å². The number of ether oxygens (including phenoxy) is 1. The summed E-state index contributed by atoms with van der Waals surface area (Å²) in [5.41, 5.74) is 16.7. The SMILES string of the molecule is N=C(N)CCCCCOc1ccccc1C(O)(O)N(C(=O)c1ccc(-c2ccco2)cc1)C1CC1.N=N. The van der Waals surface area contributed by atoms with E-state index < -0.39 is 11.8 Å². The Balaban J connectivity index is 0.00000186. The van der Waals surface area contributed by atoms with Gasteiger partial charge in [-0.15, -0.1) is 0 Å². The molecular formula is C27H33N5O5. The molecule has 4 rings (SSSR count). The van der Waals surface area contributed by atoms with Crippen LogP contribution in [0.25, 0.3) is 11.3 Å². The summed E-state index contributed by atoms with van der Waals surface area (Å²) in [4.78, 5) is 14.6. The highest BCUT2D eigenvalue weighted by molar-refractivity contribution is 5.95. The number of hydrogen-bond donors (Lipinski definition) is 6. The second-order valence-electron chi connectivity index (χ2n) is 8.78. The number of rotatable bonds is 12. The molecule has 37 heavy (non-hydrogen) atoms. The van der Waals surface area contributed by atoms with Crippen LogP contribution in [0.2, 0.25) is 0 Å². The topological polar surface area (TPSA) is 181 Å². The minimum absolute atomic E-state index is 0.121. The molecule has 0 aliphatic heterocycles. The standard InChI is InChI=1S/C27H31N3O5.H2N2/c28-25(29)10-2-1-5-17-35-24-8-4-3-7-22(24)27(32,33)30(21-15-16-21)26(31)20-13-11-19(12-14-20)23-9-6-18-34-23;1-2/h3-4,6-9,11-14,18,21,32-33H,1-2,5,10,15-17H2,(H3,28,29);1-2H. The molecule has 2 aromatic carbocycles. The Morgan fingerprint density at radius 2 is 1.73 bits per heavy atom. The zero-order chi connectivity index (χ0) is 26.8. The lowest BCUT2D eigenvalue weighted by Crippen LogP contribution is -2.51. The maximum atomic E-state index is 13.5. The van der Waals surface area contributed by atoms with Crippen molar-refractivity contribution in [3.63, 3.8) is 0 Å². The number of furan rings is 1. The highest BCUT2D eigenvalue weighted by Crippen LogP contribution is 2.40. The number of carbonyl (C=O) groups excluding carboxylic acids is 1. The van der Waals surface area contributed by atoms with Crippen molar-refractivity contribution in [2.75, 3.05) is 6.61 Å². The lowest BCUT2D eigenvalue weighted by atomic mass is 10.1. The molecule has 0 radical (unpaired) electrons. The largest absolute Gasteiger partial charge is 0.493 e. The molecule has 0 unspecified atom stereocenters. The molecule has 0 saturated heterocycles. The average molecular weight is 508 g/mol. The first kappa shape index (κ1) is 27.6. The van der Waals surface area contributed by atoms with Crippen molar-refractivity contribution < 1.29 is 24.2 Å². The molecule has 3 aromatic rings. The lowest BCUT2D eigenvalue weighted by Gasteiger charge is -2.36. The van der Waals surface area contributed by atoms with Crippen LogP contribution in [0.4, 0.5) is 0 Å². The van der Waals surface area contributed by atoms with E-state index in [0.717, 1.165) is 29.7 Å². The predicted molar refractivity (Wildman–Crippen MR) is 137 cm³/mol. The summed E-state index contributed by atoms with van der Waals surface area (Å²) in [6, 6.07) is 16.9. The molecule has 0 spiro atoms. The number of amides is 1. The van der Waals surface area contributed by atoms with Gasteiger partial charge in [-0.05, 0) is 68.5 Å². The molecule has 1 fully saturated rings. The first-order chi connectivity index (χ1) is 17.9. The van der Waals surface area contributed by atoms with Crippen molar-refractivity contribution in [3.8, 4) is 17.1 Å². The molecule has 1 aliphatic rings. The second-order valence-corrected chi connectivity index (χ2v) is 8.78. The van der Waals surface area contributed by atoms with Gasteiger partial charge in [0.25, 0.3) is 11.8 Å². The van der Waals surface area contributed by atoms with E-state index in [0.29, 0.717) is 42.9 Å². The third-order valence-electron chi connectivity index (χ3n) is 6.00. The van der Waals surface area contributed by atoms with Gasteiger partial charge in [0.1, 0.15) is 11.5 Å². The van der Waals surface area contributed by atoms with Gasteiger partial charge in [-0.3, -0.25) is 15.1 Å². The van der Waals surface area contributed by atoms with Gasteiger partial charge >= 0.3 is 0 Å². The Morgan fingerprint density at radius 1 is 1.03 bits per heavy atom. The Hall–Kier alpha value is -4.02. The summed E-state index contributed by atoms with van der Waals surface area (Å²) in [6.07, 6.45) is 5.89. The highest BCUT2D eigenvalue weighted by Gasteiger charge is 2.48. The molecule has 1 amide bonds. The number of nitrogens with two attached hydrogens (primary N) is 1. The van der Waals surface area contributed by atoms with Gasteiger partial charge in [0.05, 0.1) is 24.3 Å². The van der Waals surface area contributed by atoms with E-state index in [1.165, 1.54) is 0 Å². The number of carbonyl (C=O) groups is 1. The Morgan fingerprint density at radius 3 is 2.35 bits per heavy atom. The van der Waals surface area contributed by atoms with Gasteiger partial charge in [0.2, 0.25) is 0 Å². The molecule has 0 atom stereocenters. The van der Waals surface area contributed by atoms with Crippen LogP contribution in [-0.4, -0.2) is 39.5 Å². The van der Waals surface area contributed by atoms with Crippen LogP contribution >= 0.6 is 0 Å². The van der Waals surface area contributed by atoms with E-state index in [1.54, 1.807) is 60.9 Å². The predicted octanol–water partition coefficient (Wildman–Crippen LogP) is 4.82. The lowest BCUT2D eigenvalue weighted by molar-refractivity contribution is -0.259. The number of hydrogen-bond acceptors (Lipinski definition) is 8. The third-order valence-corrected chi connectivity index (χ3v) is 6.00. The van der Waals surface area contributed by atoms with Gasteiger partial charge < -0.3 is 25.1 Å². The van der Waals surface area contributed by atoms with Gasteiger partial charge in [-0.1, -0.05) is 24.3 Å². The Kier molecular flexibility index (Phi) is 9.53. The van der Waals surface area contributed by atoms with Crippen molar-refractivity contribution in [3.05, 3.63) is 78.1 Å². The van der Waals surface area contributed by atoms with Crippen LogP contribution in [0, 0.1) is 16.5 Å². The molecule has 1 aromatic heterocycles. The molecule has 7 N–H and O–H groups in total.